The van der Waals surface area contributed by atoms with Crippen molar-refractivity contribution in [3.63, 3.8) is 0 Å². The van der Waals surface area contributed by atoms with Gasteiger partial charge in [0, 0.05) is 29.6 Å². The molecule has 0 bridgehead atoms. The molecule has 1 unspecified atom stereocenters. The van der Waals surface area contributed by atoms with Crippen LogP contribution in [0.4, 0.5) is 0 Å². The summed E-state index contributed by atoms with van der Waals surface area (Å²) in [5.74, 6) is -1.21. The van der Waals surface area contributed by atoms with Gasteiger partial charge in [-0.05, 0) is 25.0 Å². The number of aromatic nitrogens is 1. The number of rotatable bonds is 4. The number of carbonyl (C=O) groups is 1. The number of pyridine rings is 1. The van der Waals surface area contributed by atoms with Crippen LogP contribution in [-0.4, -0.2) is 39.2 Å². The molecular weight excluding hydrogens is 312 g/mol. The van der Waals surface area contributed by atoms with E-state index >= 15 is 0 Å². The van der Waals surface area contributed by atoms with Gasteiger partial charge in [0.05, 0.1) is 17.8 Å². The topological polar surface area (TPSA) is 101 Å². The molecule has 1 aliphatic heterocycles. The standard InChI is InChI=1S/C17H16N2O5/c20-8-11-6-14(18-24-11)9-1-4-12-15(5-9)19(10-2-3-10)7-13(16(12)21)17(22)23/h1,4-5,7,10-11,20H,2-3,6,8H2,(H,22,23). The Morgan fingerprint density at radius 2 is 2.17 bits per heavy atom. The van der Waals surface area contributed by atoms with E-state index in [1.54, 1.807) is 12.1 Å². The number of fused-ring (bicyclic) bond motifs is 1. The number of aliphatic hydroxyl groups is 1. The van der Waals surface area contributed by atoms with Gasteiger partial charge in [-0.15, -0.1) is 0 Å². The molecule has 7 nitrogen and oxygen atoms in total. The molecule has 124 valence electrons. The van der Waals surface area contributed by atoms with E-state index in [1.165, 1.54) is 6.20 Å². The summed E-state index contributed by atoms with van der Waals surface area (Å²) in [5.41, 5.74) is 1.56. The molecule has 7 heteroatoms. The molecule has 2 aliphatic rings. The van der Waals surface area contributed by atoms with Gasteiger partial charge < -0.3 is 19.6 Å². The lowest BCUT2D eigenvalue weighted by Gasteiger charge is -2.12. The highest BCUT2D eigenvalue weighted by atomic mass is 16.6. The average molecular weight is 328 g/mol. The Balaban J connectivity index is 1.87. The van der Waals surface area contributed by atoms with Crippen molar-refractivity contribution in [2.24, 2.45) is 5.16 Å². The predicted molar refractivity (Wildman–Crippen MR) is 86.6 cm³/mol. The van der Waals surface area contributed by atoms with E-state index in [0.29, 0.717) is 23.0 Å². The van der Waals surface area contributed by atoms with Crippen molar-refractivity contribution in [1.82, 2.24) is 4.57 Å². The molecule has 2 heterocycles. The van der Waals surface area contributed by atoms with E-state index in [4.69, 9.17) is 9.94 Å². The predicted octanol–water partition coefficient (Wildman–Crippen LogP) is 1.52. The summed E-state index contributed by atoms with van der Waals surface area (Å²) in [4.78, 5) is 28.9. The second-order valence-electron chi connectivity index (χ2n) is 6.20. The van der Waals surface area contributed by atoms with Crippen molar-refractivity contribution in [1.29, 1.82) is 0 Å². The van der Waals surface area contributed by atoms with Crippen molar-refractivity contribution in [2.75, 3.05) is 6.61 Å². The molecule has 2 N–H and O–H groups in total. The fourth-order valence-electron chi connectivity index (χ4n) is 3.03. The van der Waals surface area contributed by atoms with Crippen LogP contribution in [0.2, 0.25) is 0 Å². The van der Waals surface area contributed by atoms with E-state index < -0.39 is 11.4 Å². The van der Waals surface area contributed by atoms with Gasteiger partial charge in [0.25, 0.3) is 0 Å². The molecule has 0 saturated heterocycles. The molecule has 0 amide bonds. The van der Waals surface area contributed by atoms with Crippen LogP contribution in [0.15, 0.2) is 34.3 Å². The molecule has 2 aromatic rings. The average Bonchev–Trinajstić information content (AvgIpc) is 3.31. The van der Waals surface area contributed by atoms with Crippen molar-refractivity contribution in [2.45, 2.75) is 31.4 Å². The molecule has 1 aromatic carbocycles. The van der Waals surface area contributed by atoms with Crippen LogP contribution in [0.25, 0.3) is 10.9 Å². The lowest BCUT2D eigenvalue weighted by molar-refractivity contribution is 0.0390. The number of carboxylic acid groups (broad SMARTS) is 1. The van der Waals surface area contributed by atoms with Crippen LogP contribution in [0.1, 0.15) is 41.2 Å². The van der Waals surface area contributed by atoms with Crippen LogP contribution < -0.4 is 5.43 Å². The summed E-state index contributed by atoms with van der Waals surface area (Å²) in [5, 5.41) is 22.8. The number of benzene rings is 1. The van der Waals surface area contributed by atoms with E-state index in [2.05, 4.69) is 5.16 Å². The molecule has 4 rings (SSSR count). The monoisotopic (exact) mass is 328 g/mol. The molecule has 1 atom stereocenters. The lowest BCUT2D eigenvalue weighted by atomic mass is 10.0. The van der Waals surface area contributed by atoms with Crippen LogP contribution in [0, 0.1) is 0 Å². The maximum Gasteiger partial charge on any atom is 0.341 e. The maximum absolute atomic E-state index is 12.4. The van der Waals surface area contributed by atoms with Gasteiger partial charge in [-0.3, -0.25) is 4.79 Å². The van der Waals surface area contributed by atoms with Gasteiger partial charge in [-0.1, -0.05) is 11.2 Å². The highest BCUT2D eigenvalue weighted by molar-refractivity contribution is 6.04. The smallest absolute Gasteiger partial charge is 0.341 e. The number of aromatic carboxylic acids is 1. The summed E-state index contributed by atoms with van der Waals surface area (Å²) >= 11 is 0. The summed E-state index contributed by atoms with van der Waals surface area (Å²) in [7, 11) is 0. The van der Waals surface area contributed by atoms with Gasteiger partial charge in [0.15, 0.2) is 6.10 Å². The minimum atomic E-state index is -1.21. The second kappa shape index (κ2) is 5.45. The maximum atomic E-state index is 12.4. The van der Waals surface area contributed by atoms with Crippen molar-refractivity contribution in [3.8, 4) is 0 Å². The van der Waals surface area contributed by atoms with Gasteiger partial charge >= 0.3 is 5.97 Å². The van der Waals surface area contributed by atoms with E-state index in [0.717, 1.165) is 18.4 Å². The molecule has 1 saturated carbocycles. The van der Waals surface area contributed by atoms with Crippen LogP contribution in [-0.2, 0) is 4.84 Å². The van der Waals surface area contributed by atoms with Crippen molar-refractivity contribution in [3.05, 3.63) is 45.7 Å². The molecule has 1 aromatic heterocycles. The quantitative estimate of drug-likeness (QED) is 0.886. The SMILES string of the molecule is O=C(O)c1cn(C2CC2)c2cc(C3=NOC(CO)C3)ccc2c1=O. The fourth-order valence-corrected chi connectivity index (χ4v) is 3.03. The first-order valence-corrected chi connectivity index (χ1v) is 7.84. The van der Waals surface area contributed by atoms with Gasteiger partial charge in [-0.25, -0.2) is 4.79 Å². The zero-order valence-corrected chi connectivity index (χ0v) is 12.8. The third kappa shape index (κ3) is 2.37. The molecular formula is C17H16N2O5. The number of hydrogen-bond donors (Lipinski definition) is 2. The minimum absolute atomic E-state index is 0.102. The lowest BCUT2D eigenvalue weighted by Crippen LogP contribution is -2.19. The first kappa shape index (κ1) is 14.9. The van der Waals surface area contributed by atoms with Crippen molar-refractivity contribution >= 4 is 22.6 Å². The van der Waals surface area contributed by atoms with Crippen LogP contribution in [0.3, 0.4) is 0 Å². The molecule has 1 aliphatic carbocycles. The largest absolute Gasteiger partial charge is 0.477 e. The van der Waals surface area contributed by atoms with E-state index in [1.807, 2.05) is 10.6 Å². The second-order valence-corrected chi connectivity index (χ2v) is 6.20. The van der Waals surface area contributed by atoms with E-state index in [-0.39, 0.29) is 24.3 Å². The third-order valence-corrected chi connectivity index (χ3v) is 4.47. The highest BCUT2D eigenvalue weighted by Gasteiger charge is 2.27. The summed E-state index contributed by atoms with van der Waals surface area (Å²) in [6, 6.07) is 5.47. The number of oxime groups is 1. The van der Waals surface area contributed by atoms with Crippen LogP contribution in [0.5, 0.6) is 0 Å². The Kier molecular flexibility index (Phi) is 3.38. The molecule has 1 fully saturated rings. The number of carboxylic acids is 1. The first-order valence-electron chi connectivity index (χ1n) is 7.84. The molecule has 0 radical (unpaired) electrons. The fraction of sp³-hybridized carbons (Fsp3) is 0.353. The molecule has 24 heavy (non-hydrogen) atoms. The van der Waals surface area contributed by atoms with Gasteiger partial charge in [-0.2, -0.15) is 0 Å². The third-order valence-electron chi connectivity index (χ3n) is 4.47. The summed E-state index contributed by atoms with van der Waals surface area (Å²) < 4.78 is 1.88. The van der Waals surface area contributed by atoms with E-state index in [9.17, 15) is 14.7 Å². The normalized spacial score (nSPS) is 20.0. The van der Waals surface area contributed by atoms with Gasteiger partial charge in [0.2, 0.25) is 5.43 Å². The Labute approximate surface area is 136 Å². The Bertz CT molecular complexity index is 926. The molecule has 0 spiro atoms. The Hall–Kier alpha value is -2.67. The zero-order chi connectivity index (χ0) is 16.8. The van der Waals surface area contributed by atoms with Gasteiger partial charge in [0.1, 0.15) is 5.56 Å². The minimum Gasteiger partial charge on any atom is -0.477 e. The van der Waals surface area contributed by atoms with Crippen molar-refractivity contribution < 1.29 is 19.8 Å². The highest BCUT2D eigenvalue weighted by Crippen LogP contribution is 2.37. The summed E-state index contributed by atoms with van der Waals surface area (Å²) in [6.07, 6.45) is 3.55. The number of hydrogen-bond acceptors (Lipinski definition) is 5. The first-order chi connectivity index (χ1) is 11.6. The number of nitrogens with zero attached hydrogens (tertiary/aromatic N) is 2. The Morgan fingerprint density at radius 1 is 1.38 bits per heavy atom. The Morgan fingerprint density at radius 3 is 2.79 bits per heavy atom. The summed E-state index contributed by atoms with van der Waals surface area (Å²) in [6.45, 7) is -0.102. The zero-order valence-electron chi connectivity index (χ0n) is 12.8. The number of aliphatic hydroxyl groups excluding tert-OH is 1. The van der Waals surface area contributed by atoms with Crippen LogP contribution >= 0.6 is 0 Å².